The Kier molecular flexibility index (Phi) is 5.21. The lowest BCUT2D eigenvalue weighted by Crippen LogP contribution is -2.18. The fourth-order valence-electron chi connectivity index (χ4n) is 1.34. The van der Waals surface area contributed by atoms with Crippen molar-refractivity contribution in [3.63, 3.8) is 0 Å². The van der Waals surface area contributed by atoms with Crippen molar-refractivity contribution in [3.05, 3.63) is 18.5 Å². The number of aromatic nitrogens is 3. The summed E-state index contributed by atoms with van der Waals surface area (Å²) in [5.74, 6) is 0.579. The molecule has 0 amide bonds. The smallest absolute Gasteiger partial charge is 0.319 e. The van der Waals surface area contributed by atoms with E-state index in [4.69, 9.17) is 4.74 Å². The average molecular weight is 255 g/mol. The van der Waals surface area contributed by atoms with Crippen molar-refractivity contribution >= 4 is 17.7 Å². The Morgan fingerprint density at radius 3 is 2.88 bits per heavy atom. The number of nitrogens with zero attached hydrogens (tertiary/aromatic N) is 3. The van der Waals surface area contributed by atoms with Gasteiger partial charge in [-0.2, -0.15) is 0 Å². The molecule has 5 nitrogen and oxygen atoms in total. The number of carbonyl (C=O) groups is 1. The normalized spacial score (nSPS) is 12.2. The molecule has 17 heavy (non-hydrogen) atoms. The standard InChI is InChI=1S/C11H17N3O2S/c1-5-7-14-8(3)12-13-11(14)17-9(6-2)10(15)16-4/h5,9H,1,6-7H2,2-4H3. The second-order valence-corrected chi connectivity index (χ2v) is 4.64. The molecular formula is C11H17N3O2S. The maximum absolute atomic E-state index is 11.5. The monoisotopic (exact) mass is 255 g/mol. The molecule has 6 heteroatoms. The molecule has 0 radical (unpaired) electrons. The Hall–Kier alpha value is -1.30. The average Bonchev–Trinajstić information content (AvgIpc) is 2.67. The van der Waals surface area contributed by atoms with Crippen molar-refractivity contribution in [2.24, 2.45) is 0 Å². The number of rotatable bonds is 6. The van der Waals surface area contributed by atoms with Gasteiger partial charge in [0.15, 0.2) is 5.16 Å². The first kappa shape index (κ1) is 13.8. The van der Waals surface area contributed by atoms with E-state index in [-0.39, 0.29) is 11.2 Å². The third kappa shape index (κ3) is 3.33. The van der Waals surface area contributed by atoms with Crippen molar-refractivity contribution in [2.75, 3.05) is 7.11 Å². The number of thioether (sulfide) groups is 1. The van der Waals surface area contributed by atoms with Gasteiger partial charge in [0, 0.05) is 6.54 Å². The van der Waals surface area contributed by atoms with Crippen molar-refractivity contribution in [2.45, 2.75) is 37.2 Å². The first-order chi connectivity index (χ1) is 8.13. The zero-order chi connectivity index (χ0) is 12.8. The van der Waals surface area contributed by atoms with Crippen LogP contribution in [-0.4, -0.2) is 33.1 Å². The van der Waals surface area contributed by atoms with E-state index in [0.717, 1.165) is 11.0 Å². The molecule has 94 valence electrons. The molecule has 1 aromatic heterocycles. The summed E-state index contributed by atoms with van der Waals surface area (Å²) in [6, 6.07) is 0. The second-order valence-electron chi connectivity index (χ2n) is 3.47. The highest BCUT2D eigenvalue weighted by molar-refractivity contribution is 8.00. The molecule has 0 aliphatic carbocycles. The van der Waals surface area contributed by atoms with Crippen LogP contribution in [0.4, 0.5) is 0 Å². The largest absolute Gasteiger partial charge is 0.468 e. The van der Waals surface area contributed by atoms with E-state index in [9.17, 15) is 4.79 Å². The number of aryl methyl sites for hydroxylation is 1. The molecular weight excluding hydrogens is 238 g/mol. The van der Waals surface area contributed by atoms with E-state index in [2.05, 4.69) is 16.8 Å². The summed E-state index contributed by atoms with van der Waals surface area (Å²) in [7, 11) is 1.39. The predicted octanol–water partition coefficient (Wildman–Crippen LogP) is 1.82. The molecule has 0 aliphatic rings. The van der Waals surface area contributed by atoms with Gasteiger partial charge in [0.2, 0.25) is 0 Å². The first-order valence-corrected chi connectivity index (χ1v) is 6.27. The number of carbonyl (C=O) groups excluding carboxylic acids is 1. The minimum absolute atomic E-state index is 0.233. The fourth-order valence-corrected chi connectivity index (χ4v) is 2.38. The van der Waals surface area contributed by atoms with Gasteiger partial charge in [-0.05, 0) is 13.3 Å². The lowest BCUT2D eigenvalue weighted by atomic mass is 10.3. The molecule has 1 aromatic rings. The van der Waals surface area contributed by atoms with Gasteiger partial charge in [0.05, 0.1) is 7.11 Å². The van der Waals surface area contributed by atoms with Crippen molar-refractivity contribution < 1.29 is 9.53 Å². The van der Waals surface area contributed by atoms with Crippen molar-refractivity contribution in [1.29, 1.82) is 0 Å². The van der Waals surface area contributed by atoms with E-state index in [1.54, 1.807) is 6.08 Å². The molecule has 1 atom stereocenters. The highest BCUT2D eigenvalue weighted by atomic mass is 32.2. The molecule has 0 aliphatic heterocycles. The molecule has 0 saturated heterocycles. The quantitative estimate of drug-likeness (QED) is 0.441. The van der Waals surface area contributed by atoms with Gasteiger partial charge < -0.3 is 9.30 Å². The number of ether oxygens (including phenoxy) is 1. The van der Waals surface area contributed by atoms with Gasteiger partial charge >= 0.3 is 5.97 Å². The van der Waals surface area contributed by atoms with E-state index in [0.29, 0.717) is 13.0 Å². The van der Waals surface area contributed by atoms with E-state index in [1.165, 1.54) is 18.9 Å². The fraction of sp³-hybridized carbons (Fsp3) is 0.545. The van der Waals surface area contributed by atoms with E-state index in [1.807, 2.05) is 18.4 Å². The van der Waals surface area contributed by atoms with Crippen LogP contribution in [0.15, 0.2) is 17.8 Å². The molecule has 1 rings (SSSR count). The number of esters is 1. The minimum Gasteiger partial charge on any atom is -0.468 e. The second kappa shape index (κ2) is 6.44. The van der Waals surface area contributed by atoms with Crippen LogP contribution in [0.3, 0.4) is 0 Å². The number of hydrogen-bond donors (Lipinski definition) is 0. The lowest BCUT2D eigenvalue weighted by Gasteiger charge is -2.12. The van der Waals surface area contributed by atoms with Crippen LogP contribution in [0.1, 0.15) is 19.2 Å². The van der Waals surface area contributed by atoms with Gasteiger partial charge in [-0.15, -0.1) is 16.8 Å². The molecule has 0 fully saturated rings. The van der Waals surface area contributed by atoms with Crippen LogP contribution in [0.2, 0.25) is 0 Å². The maximum Gasteiger partial charge on any atom is 0.319 e. The Morgan fingerprint density at radius 2 is 2.35 bits per heavy atom. The molecule has 1 heterocycles. The third-order valence-electron chi connectivity index (χ3n) is 2.30. The van der Waals surface area contributed by atoms with Crippen LogP contribution in [0, 0.1) is 6.92 Å². The zero-order valence-corrected chi connectivity index (χ0v) is 11.2. The van der Waals surface area contributed by atoms with Crippen LogP contribution in [0.25, 0.3) is 0 Å². The number of hydrogen-bond acceptors (Lipinski definition) is 5. The maximum atomic E-state index is 11.5. The van der Waals surface area contributed by atoms with Crippen LogP contribution >= 0.6 is 11.8 Å². The Labute approximate surface area is 105 Å². The highest BCUT2D eigenvalue weighted by Crippen LogP contribution is 2.25. The predicted molar refractivity (Wildman–Crippen MR) is 66.9 cm³/mol. The highest BCUT2D eigenvalue weighted by Gasteiger charge is 2.21. The molecule has 0 spiro atoms. The van der Waals surface area contributed by atoms with Gasteiger partial charge in [0.25, 0.3) is 0 Å². The Bertz CT molecular complexity index is 403. The van der Waals surface area contributed by atoms with Gasteiger partial charge in [-0.3, -0.25) is 4.79 Å². The van der Waals surface area contributed by atoms with Gasteiger partial charge in [-0.1, -0.05) is 24.8 Å². The van der Waals surface area contributed by atoms with Crippen LogP contribution < -0.4 is 0 Å². The summed E-state index contributed by atoms with van der Waals surface area (Å²) in [6.07, 6.45) is 2.47. The molecule has 0 bridgehead atoms. The number of allylic oxidation sites excluding steroid dienone is 1. The summed E-state index contributed by atoms with van der Waals surface area (Å²) in [6.45, 7) is 8.14. The summed E-state index contributed by atoms with van der Waals surface area (Å²) in [5, 5.41) is 8.54. The Balaban J connectivity index is 2.85. The third-order valence-corrected chi connectivity index (χ3v) is 3.62. The molecule has 0 saturated carbocycles. The minimum atomic E-state index is -0.243. The van der Waals surface area contributed by atoms with Crippen LogP contribution in [0.5, 0.6) is 0 Å². The van der Waals surface area contributed by atoms with E-state index < -0.39 is 0 Å². The molecule has 1 unspecified atom stereocenters. The zero-order valence-electron chi connectivity index (χ0n) is 10.3. The van der Waals surface area contributed by atoms with Crippen molar-refractivity contribution in [3.8, 4) is 0 Å². The summed E-state index contributed by atoms with van der Waals surface area (Å²) in [5.41, 5.74) is 0. The number of methoxy groups -OCH3 is 1. The summed E-state index contributed by atoms with van der Waals surface area (Å²) in [4.78, 5) is 11.5. The van der Waals surface area contributed by atoms with Crippen molar-refractivity contribution in [1.82, 2.24) is 14.8 Å². The van der Waals surface area contributed by atoms with E-state index >= 15 is 0 Å². The topological polar surface area (TPSA) is 57.0 Å². The SMILES string of the molecule is C=CCn1c(C)nnc1SC(CC)C(=O)OC. The van der Waals surface area contributed by atoms with Gasteiger partial charge in [0.1, 0.15) is 11.1 Å². The lowest BCUT2D eigenvalue weighted by molar-refractivity contribution is -0.140. The molecule has 0 N–H and O–H groups in total. The first-order valence-electron chi connectivity index (χ1n) is 5.39. The summed E-state index contributed by atoms with van der Waals surface area (Å²) >= 11 is 1.38. The summed E-state index contributed by atoms with van der Waals surface area (Å²) < 4.78 is 6.66. The molecule has 0 aromatic carbocycles. The Morgan fingerprint density at radius 1 is 1.65 bits per heavy atom. The van der Waals surface area contributed by atoms with Crippen LogP contribution in [-0.2, 0) is 16.1 Å². The van der Waals surface area contributed by atoms with Gasteiger partial charge in [-0.25, -0.2) is 0 Å².